The Hall–Kier alpha value is -1.00. The summed E-state index contributed by atoms with van der Waals surface area (Å²) in [6.45, 7) is 3.60. The number of likely N-dealkylation sites (N-methyl/N-ethyl adjacent to an activating group) is 1. The maximum absolute atomic E-state index is 12.5. The number of rotatable bonds is 7. The molecule has 0 radical (unpaired) electrons. The van der Waals surface area contributed by atoms with E-state index in [-0.39, 0.29) is 11.6 Å². The smallest absolute Gasteiger partial charge is 0.263 e. The standard InChI is InChI=1S/C14H22F2N2/c1-3-4-9-18(2)13(10-17)11-5-7-12(8-6-11)14(15)16/h5-8,13-14H,3-4,9-10,17H2,1-2H3. The van der Waals surface area contributed by atoms with Crippen LogP contribution in [0.15, 0.2) is 24.3 Å². The van der Waals surface area contributed by atoms with Crippen LogP contribution in [0.3, 0.4) is 0 Å². The van der Waals surface area contributed by atoms with Crippen LogP contribution in [-0.2, 0) is 0 Å². The predicted octanol–water partition coefficient (Wildman–Crippen LogP) is 3.36. The molecule has 0 aromatic heterocycles. The number of halogens is 2. The van der Waals surface area contributed by atoms with Crippen LogP contribution in [0, 0.1) is 0 Å². The number of benzene rings is 1. The van der Waals surface area contributed by atoms with Crippen molar-refractivity contribution in [1.82, 2.24) is 4.90 Å². The van der Waals surface area contributed by atoms with E-state index >= 15 is 0 Å². The van der Waals surface area contributed by atoms with Gasteiger partial charge >= 0.3 is 0 Å². The second-order valence-corrected chi connectivity index (χ2v) is 4.55. The van der Waals surface area contributed by atoms with E-state index in [1.165, 1.54) is 12.1 Å². The van der Waals surface area contributed by atoms with Gasteiger partial charge in [0.15, 0.2) is 0 Å². The van der Waals surface area contributed by atoms with E-state index in [0.717, 1.165) is 24.9 Å². The molecule has 1 rings (SSSR count). The first-order valence-corrected chi connectivity index (χ1v) is 6.38. The quantitative estimate of drug-likeness (QED) is 0.810. The van der Waals surface area contributed by atoms with Crippen LogP contribution in [0.25, 0.3) is 0 Å². The summed E-state index contributed by atoms with van der Waals surface area (Å²) >= 11 is 0. The molecule has 0 aliphatic carbocycles. The number of hydrogen-bond donors (Lipinski definition) is 1. The highest BCUT2D eigenvalue weighted by molar-refractivity contribution is 5.26. The largest absolute Gasteiger partial charge is 0.329 e. The van der Waals surface area contributed by atoms with Crippen LogP contribution in [0.2, 0.25) is 0 Å². The van der Waals surface area contributed by atoms with Gasteiger partial charge in [0.2, 0.25) is 0 Å². The summed E-state index contributed by atoms with van der Waals surface area (Å²) in [5, 5.41) is 0. The van der Waals surface area contributed by atoms with E-state index in [0.29, 0.717) is 6.54 Å². The zero-order chi connectivity index (χ0) is 13.5. The lowest BCUT2D eigenvalue weighted by Gasteiger charge is -2.27. The molecule has 0 fully saturated rings. The van der Waals surface area contributed by atoms with Crippen LogP contribution >= 0.6 is 0 Å². The Balaban J connectivity index is 2.75. The molecule has 1 unspecified atom stereocenters. The molecule has 1 atom stereocenters. The van der Waals surface area contributed by atoms with Crippen molar-refractivity contribution in [2.75, 3.05) is 20.1 Å². The van der Waals surface area contributed by atoms with E-state index in [1.54, 1.807) is 12.1 Å². The predicted molar refractivity (Wildman–Crippen MR) is 70.7 cm³/mol. The summed E-state index contributed by atoms with van der Waals surface area (Å²) in [4.78, 5) is 2.18. The summed E-state index contributed by atoms with van der Waals surface area (Å²) in [6.07, 6.45) is -0.165. The number of unbranched alkanes of at least 4 members (excludes halogenated alkanes) is 1. The molecule has 18 heavy (non-hydrogen) atoms. The zero-order valence-corrected chi connectivity index (χ0v) is 11.1. The minimum absolute atomic E-state index is 0.0609. The first-order valence-electron chi connectivity index (χ1n) is 6.38. The fourth-order valence-electron chi connectivity index (χ4n) is 2.00. The molecule has 0 saturated carbocycles. The molecule has 0 aliphatic rings. The molecular formula is C14H22F2N2. The first-order chi connectivity index (χ1) is 8.60. The van der Waals surface area contributed by atoms with E-state index in [1.807, 2.05) is 7.05 Å². The van der Waals surface area contributed by atoms with Crippen molar-refractivity contribution < 1.29 is 8.78 Å². The molecule has 102 valence electrons. The summed E-state index contributed by atoms with van der Waals surface area (Å²) in [6, 6.07) is 6.57. The lowest BCUT2D eigenvalue weighted by atomic mass is 10.0. The average molecular weight is 256 g/mol. The summed E-state index contributed by atoms with van der Waals surface area (Å²) in [7, 11) is 2.02. The Bertz CT molecular complexity index is 338. The molecule has 1 aromatic rings. The van der Waals surface area contributed by atoms with Gasteiger partial charge in [-0.25, -0.2) is 8.78 Å². The molecular weight excluding hydrogens is 234 g/mol. The van der Waals surface area contributed by atoms with E-state index in [2.05, 4.69) is 11.8 Å². The lowest BCUT2D eigenvalue weighted by molar-refractivity contribution is 0.151. The molecule has 2 N–H and O–H groups in total. The Kier molecular flexibility index (Phi) is 6.22. The Morgan fingerprint density at radius 3 is 2.17 bits per heavy atom. The van der Waals surface area contributed by atoms with Crippen molar-refractivity contribution in [2.24, 2.45) is 5.73 Å². The highest BCUT2D eigenvalue weighted by Gasteiger charge is 2.15. The van der Waals surface area contributed by atoms with E-state index < -0.39 is 6.43 Å². The fourth-order valence-corrected chi connectivity index (χ4v) is 2.00. The molecule has 0 saturated heterocycles. The second-order valence-electron chi connectivity index (χ2n) is 4.55. The van der Waals surface area contributed by atoms with Gasteiger partial charge in [-0.3, -0.25) is 4.90 Å². The zero-order valence-electron chi connectivity index (χ0n) is 11.1. The topological polar surface area (TPSA) is 29.3 Å². The summed E-state index contributed by atoms with van der Waals surface area (Å²) in [5.41, 5.74) is 6.85. The number of hydrogen-bond acceptors (Lipinski definition) is 2. The Labute approximate surface area is 108 Å². The van der Waals surface area contributed by atoms with Crippen LogP contribution in [0.1, 0.15) is 43.4 Å². The molecule has 2 nitrogen and oxygen atoms in total. The van der Waals surface area contributed by atoms with Gasteiger partial charge in [0.1, 0.15) is 0 Å². The highest BCUT2D eigenvalue weighted by atomic mass is 19.3. The maximum Gasteiger partial charge on any atom is 0.263 e. The molecule has 4 heteroatoms. The van der Waals surface area contributed by atoms with E-state index in [4.69, 9.17) is 5.73 Å². The van der Waals surface area contributed by atoms with Crippen LogP contribution < -0.4 is 5.73 Å². The number of alkyl halides is 2. The van der Waals surface area contributed by atoms with Crippen molar-refractivity contribution in [1.29, 1.82) is 0 Å². The van der Waals surface area contributed by atoms with Crippen molar-refractivity contribution in [3.05, 3.63) is 35.4 Å². The van der Waals surface area contributed by atoms with Crippen LogP contribution in [-0.4, -0.2) is 25.0 Å². The van der Waals surface area contributed by atoms with Gasteiger partial charge in [0.25, 0.3) is 6.43 Å². The third-order valence-corrected chi connectivity index (χ3v) is 3.19. The van der Waals surface area contributed by atoms with Crippen molar-refractivity contribution in [2.45, 2.75) is 32.2 Å². The second kappa shape index (κ2) is 7.44. The average Bonchev–Trinajstić information content (AvgIpc) is 2.37. The molecule has 1 aromatic carbocycles. The Morgan fingerprint density at radius 2 is 1.72 bits per heavy atom. The van der Waals surface area contributed by atoms with Crippen LogP contribution in [0.4, 0.5) is 8.78 Å². The third kappa shape index (κ3) is 4.03. The van der Waals surface area contributed by atoms with Gasteiger partial charge in [-0.05, 0) is 25.6 Å². The third-order valence-electron chi connectivity index (χ3n) is 3.19. The summed E-state index contributed by atoms with van der Waals surface area (Å²) in [5.74, 6) is 0. The number of nitrogens with two attached hydrogens (primary N) is 1. The lowest BCUT2D eigenvalue weighted by Crippen LogP contribution is -2.31. The molecule has 0 aliphatic heterocycles. The minimum Gasteiger partial charge on any atom is -0.329 e. The fraction of sp³-hybridized carbons (Fsp3) is 0.571. The monoisotopic (exact) mass is 256 g/mol. The van der Waals surface area contributed by atoms with Gasteiger partial charge < -0.3 is 5.73 Å². The molecule has 0 amide bonds. The van der Waals surface area contributed by atoms with Gasteiger partial charge in [-0.15, -0.1) is 0 Å². The number of nitrogens with zero attached hydrogens (tertiary/aromatic N) is 1. The minimum atomic E-state index is -2.41. The van der Waals surface area contributed by atoms with E-state index in [9.17, 15) is 8.78 Å². The normalized spacial score (nSPS) is 13.3. The highest BCUT2D eigenvalue weighted by Crippen LogP contribution is 2.23. The van der Waals surface area contributed by atoms with Crippen molar-refractivity contribution in [3.63, 3.8) is 0 Å². The SMILES string of the molecule is CCCCN(C)C(CN)c1ccc(C(F)F)cc1. The summed E-state index contributed by atoms with van der Waals surface area (Å²) < 4.78 is 24.9. The molecule has 0 heterocycles. The van der Waals surface area contributed by atoms with Gasteiger partial charge in [-0.1, -0.05) is 37.6 Å². The molecule has 0 bridgehead atoms. The van der Waals surface area contributed by atoms with Gasteiger partial charge in [-0.2, -0.15) is 0 Å². The Morgan fingerprint density at radius 1 is 1.17 bits per heavy atom. The van der Waals surface area contributed by atoms with Crippen LogP contribution in [0.5, 0.6) is 0 Å². The van der Waals surface area contributed by atoms with Gasteiger partial charge in [0.05, 0.1) is 0 Å². The van der Waals surface area contributed by atoms with Gasteiger partial charge in [0, 0.05) is 18.2 Å². The van der Waals surface area contributed by atoms with Crippen molar-refractivity contribution >= 4 is 0 Å². The molecule has 0 spiro atoms. The maximum atomic E-state index is 12.5. The first kappa shape index (κ1) is 15.1. The van der Waals surface area contributed by atoms with Crippen molar-refractivity contribution in [3.8, 4) is 0 Å².